The van der Waals surface area contributed by atoms with Gasteiger partial charge in [-0.05, 0) is 42.0 Å². The molecule has 1 heterocycles. The Kier molecular flexibility index (Phi) is 3.67. The lowest BCUT2D eigenvalue weighted by Gasteiger charge is -2.05. The van der Waals surface area contributed by atoms with Crippen LogP contribution in [0.4, 0.5) is 4.39 Å². The van der Waals surface area contributed by atoms with Gasteiger partial charge < -0.3 is 0 Å². The second-order valence-corrected chi connectivity index (χ2v) is 5.18. The van der Waals surface area contributed by atoms with Crippen molar-refractivity contribution < 1.29 is 9.18 Å². The monoisotopic (exact) mass is 299 g/mol. The molecule has 0 spiro atoms. The molecule has 4 heteroatoms. The molecule has 0 saturated carbocycles. The van der Waals surface area contributed by atoms with Gasteiger partial charge in [-0.2, -0.15) is 0 Å². The van der Waals surface area contributed by atoms with E-state index in [1.165, 1.54) is 12.1 Å². The number of pyridine rings is 1. The van der Waals surface area contributed by atoms with Crippen LogP contribution in [0.1, 0.15) is 15.9 Å². The predicted molar refractivity (Wildman–Crippen MR) is 81.2 cm³/mol. The second-order valence-electron chi connectivity index (χ2n) is 4.75. The van der Waals surface area contributed by atoms with Crippen LogP contribution in [0.15, 0.2) is 54.7 Å². The Balaban J connectivity index is 1.89. The number of fused-ring (bicyclic) bond motifs is 1. The molecule has 0 unspecified atom stereocenters. The van der Waals surface area contributed by atoms with Crippen molar-refractivity contribution >= 4 is 28.3 Å². The fourth-order valence-corrected chi connectivity index (χ4v) is 2.35. The number of aromatic nitrogens is 1. The van der Waals surface area contributed by atoms with Crippen molar-refractivity contribution in [2.45, 2.75) is 6.42 Å². The number of hydrogen-bond acceptors (Lipinski definition) is 2. The van der Waals surface area contributed by atoms with E-state index in [2.05, 4.69) is 4.98 Å². The van der Waals surface area contributed by atoms with Crippen molar-refractivity contribution in [3.8, 4) is 0 Å². The second kappa shape index (κ2) is 5.62. The number of benzene rings is 2. The van der Waals surface area contributed by atoms with E-state index in [4.69, 9.17) is 11.6 Å². The van der Waals surface area contributed by atoms with Gasteiger partial charge in [0.2, 0.25) is 0 Å². The molecule has 1 aromatic heterocycles. The summed E-state index contributed by atoms with van der Waals surface area (Å²) in [6, 6.07) is 13.3. The molecule has 0 N–H and O–H groups in total. The van der Waals surface area contributed by atoms with Crippen LogP contribution in [0.3, 0.4) is 0 Å². The number of halogens is 2. The van der Waals surface area contributed by atoms with Crippen LogP contribution < -0.4 is 0 Å². The number of ketones is 1. The summed E-state index contributed by atoms with van der Waals surface area (Å²) in [7, 11) is 0. The van der Waals surface area contributed by atoms with Crippen molar-refractivity contribution in [2.75, 3.05) is 0 Å². The fraction of sp³-hybridized carbons (Fsp3) is 0.0588. The quantitative estimate of drug-likeness (QED) is 0.669. The van der Waals surface area contributed by atoms with E-state index in [1.54, 1.807) is 30.5 Å². The van der Waals surface area contributed by atoms with Gasteiger partial charge in [0.15, 0.2) is 5.78 Å². The average molecular weight is 300 g/mol. The van der Waals surface area contributed by atoms with Crippen molar-refractivity contribution in [3.05, 3.63) is 76.7 Å². The zero-order chi connectivity index (χ0) is 14.8. The normalized spacial score (nSPS) is 10.8. The maximum atomic E-state index is 13.7. The number of rotatable bonds is 3. The number of hydrogen-bond donors (Lipinski definition) is 0. The molecule has 0 aliphatic heterocycles. The summed E-state index contributed by atoms with van der Waals surface area (Å²) in [5.41, 5.74) is 1.72. The summed E-state index contributed by atoms with van der Waals surface area (Å²) in [5, 5.41) is 1.21. The topological polar surface area (TPSA) is 30.0 Å². The van der Waals surface area contributed by atoms with Crippen molar-refractivity contribution in [2.24, 2.45) is 0 Å². The molecule has 0 radical (unpaired) electrons. The van der Waals surface area contributed by atoms with Gasteiger partial charge in [0.05, 0.1) is 5.52 Å². The summed E-state index contributed by atoms with van der Waals surface area (Å²) in [5.74, 6) is -0.597. The highest BCUT2D eigenvalue weighted by Gasteiger charge is 2.11. The standard InChI is InChI=1S/C17H11ClFNO/c18-14-5-3-11(15(19)10-14)9-17(21)13-4-6-16-12(8-13)2-1-7-20-16/h1-8,10H,9H2. The molecule has 2 nitrogen and oxygen atoms in total. The summed E-state index contributed by atoms with van der Waals surface area (Å²) in [6.07, 6.45) is 1.71. The van der Waals surface area contributed by atoms with Crippen LogP contribution in [0.2, 0.25) is 5.02 Å². The molecule has 0 bridgehead atoms. The highest BCUT2D eigenvalue weighted by molar-refractivity contribution is 6.30. The number of carbonyl (C=O) groups excluding carboxylic acids is 1. The van der Waals surface area contributed by atoms with Gasteiger partial charge >= 0.3 is 0 Å². The summed E-state index contributed by atoms with van der Waals surface area (Å²) in [4.78, 5) is 16.5. The molecule has 21 heavy (non-hydrogen) atoms. The minimum Gasteiger partial charge on any atom is -0.294 e. The van der Waals surface area contributed by atoms with E-state index in [0.29, 0.717) is 16.1 Å². The molecular formula is C17H11ClFNO. The maximum Gasteiger partial charge on any atom is 0.167 e. The van der Waals surface area contributed by atoms with Crippen LogP contribution in [0, 0.1) is 5.82 Å². The largest absolute Gasteiger partial charge is 0.294 e. The lowest BCUT2D eigenvalue weighted by atomic mass is 10.0. The highest BCUT2D eigenvalue weighted by atomic mass is 35.5. The van der Waals surface area contributed by atoms with Crippen LogP contribution in [0.5, 0.6) is 0 Å². The van der Waals surface area contributed by atoms with Crippen LogP contribution >= 0.6 is 11.6 Å². The minimum atomic E-state index is -0.460. The Bertz CT molecular complexity index is 832. The lowest BCUT2D eigenvalue weighted by molar-refractivity contribution is 0.0992. The molecule has 0 atom stereocenters. The van der Waals surface area contributed by atoms with E-state index in [0.717, 1.165) is 10.9 Å². The summed E-state index contributed by atoms with van der Waals surface area (Å²) in [6.45, 7) is 0. The summed E-state index contributed by atoms with van der Waals surface area (Å²) >= 11 is 5.70. The first kappa shape index (κ1) is 13.7. The molecule has 0 aliphatic carbocycles. The highest BCUT2D eigenvalue weighted by Crippen LogP contribution is 2.18. The fourth-order valence-electron chi connectivity index (χ4n) is 2.19. The van der Waals surface area contributed by atoms with Crippen molar-refractivity contribution in [1.29, 1.82) is 0 Å². The Labute approximate surface area is 126 Å². The molecule has 104 valence electrons. The van der Waals surface area contributed by atoms with E-state index in [1.807, 2.05) is 12.1 Å². The van der Waals surface area contributed by atoms with Crippen molar-refractivity contribution in [1.82, 2.24) is 4.98 Å². The first-order valence-corrected chi connectivity index (χ1v) is 6.83. The first-order chi connectivity index (χ1) is 10.1. The summed E-state index contributed by atoms with van der Waals surface area (Å²) < 4.78 is 13.7. The minimum absolute atomic E-state index is 0.00870. The van der Waals surface area contributed by atoms with Gasteiger partial charge in [0.1, 0.15) is 5.82 Å². The van der Waals surface area contributed by atoms with E-state index in [-0.39, 0.29) is 12.2 Å². The zero-order valence-corrected chi connectivity index (χ0v) is 11.8. The Morgan fingerprint density at radius 3 is 2.81 bits per heavy atom. The molecule has 0 saturated heterocycles. The van der Waals surface area contributed by atoms with Gasteiger partial charge in [-0.1, -0.05) is 23.7 Å². The molecule has 0 fully saturated rings. The molecule has 0 amide bonds. The van der Waals surface area contributed by atoms with E-state index < -0.39 is 5.82 Å². The molecule has 2 aromatic carbocycles. The van der Waals surface area contributed by atoms with Gasteiger partial charge in [-0.15, -0.1) is 0 Å². The Morgan fingerprint density at radius 1 is 1.14 bits per heavy atom. The van der Waals surface area contributed by atoms with Crippen LogP contribution in [-0.2, 0) is 6.42 Å². The van der Waals surface area contributed by atoms with Gasteiger partial charge in [0, 0.05) is 28.6 Å². The third kappa shape index (κ3) is 2.93. The van der Waals surface area contributed by atoms with Gasteiger partial charge in [-0.3, -0.25) is 9.78 Å². The Morgan fingerprint density at radius 2 is 2.00 bits per heavy atom. The average Bonchev–Trinajstić information content (AvgIpc) is 2.49. The number of nitrogens with zero attached hydrogens (tertiary/aromatic N) is 1. The van der Waals surface area contributed by atoms with E-state index in [9.17, 15) is 9.18 Å². The van der Waals surface area contributed by atoms with Crippen molar-refractivity contribution in [3.63, 3.8) is 0 Å². The van der Waals surface area contributed by atoms with Crippen LogP contribution in [-0.4, -0.2) is 10.8 Å². The van der Waals surface area contributed by atoms with E-state index >= 15 is 0 Å². The third-order valence-corrected chi connectivity index (χ3v) is 3.53. The molecule has 0 aliphatic rings. The van der Waals surface area contributed by atoms with Gasteiger partial charge in [0.25, 0.3) is 0 Å². The smallest absolute Gasteiger partial charge is 0.167 e. The zero-order valence-electron chi connectivity index (χ0n) is 11.0. The SMILES string of the molecule is O=C(Cc1ccc(Cl)cc1F)c1ccc2ncccc2c1. The molecule has 3 aromatic rings. The predicted octanol–water partition coefficient (Wildman–Crippen LogP) is 4.45. The maximum absolute atomic E-state index is 13.7. The number of Topliss-reactive ketones (excluding diaryl/α,β-unsaturated/α-hetero) is 1. The number of carbonyl (C=O) groups is 1. The van der Waals surface area contributed by atoms with Crippen LogP contribution in [0.25, 0.3) is 10.9 Å². The van der Waals surface area contributed by atoms with Gasteiger partial charge in [-0.25, -0.2) is 4.39 Å². The third-order valence-electron chi connectivity index (χ3n) is 3.29. The molecular weight excluding hydrogens is 289 g/mol. The Hall–Kier alpha value is -2.26. The molecule has 3 rings (SSSR count). The first-order valence-electron chi connectivity index (χ1n) is 6.45. The lowest BCUT2D eigenvalue weighted by Crippen LogP contribution is -2.05.